The van der Waals surface area contributed by atoms with Crippen molar-refractivity contribution in [1.82, 2.24) is 25.3 Å². The zero-order chi connectivity index (χ0) is 17.8. The number of hydrogen-bond acceptors (Lipinski definition) is 3. The zero-order valence-electron chi connectivity index (χ0n) is 14.8. The summed E-state index contributed by atoms with van der Waals surface area (Å²) >= 11 is 0. The first kappa shape index (κ1) is 17.0. The molecule has 0 saturated heterocycles. The third-order valence-electron chi connectivity index (χ3n) is 4.12. The fourth-order valence-corrected chi connectivity index (χ4v) is 2.70. The van der Waals surface area contributed by atoms with E-state index in [1.165, 1.54) is 0 Å². The van der Waals surface area contributed by atoms with Gasteiger partial charge in [0, 0.05) is 25.5 Å². The first-order valence-electron chi connectivity index (χ1n) is 8.52. The number of hydrogen-bond donors (Lipinski definition) is 2. The molecule has 2 aromatic heterocycles. The van der Waals surface area contributed by atoms with Crippen LogP contribution in [0.4, 0.5) is 0 Å². The van der Waals surface area contributed by atoms with Gasteiger partial charge in [-0.1, -0.05) is 38.1 Å². The topological polar surface area (TPSA) is 75.6 Å². The molecule has 0 bridgehead atoms. The summed E-state index contributed by atoms with van der Waals surface area (Å²) < 4.78 is 1.81. The Balaban J connectivity index is 1.67. The van der Waals surface area contributed by atoms with Gasteiger partial charge in [0.25, 0.3) is 5.91 Å². The molecule has 6 nitrogen and oxygen atoms in total. The van der Waals surface area contributed by atoms with Gasteiger partial charge in [-0.05, 0) is 30.0 Å². The summed E-state index contributed by atoms with van der Waals surface area (Å²) in [4.78, 5) is 12.5. The summed E-state index contributed by atoms with van der Waals surface area (Å²) in [5, 5.41) is 14.4. The van der Waals surface area contributed by atoms with Crippen molar-refractivity contribution in [3.63, 3.8) is 0 Å². The van der Waals surface area contributed by atoms with E-state index in [-0.39, 0.29) is 11.8 Å². The van der Waals surface area contributed by atoms with E-state index in [1.807, 2.05) is 62.0 Å². The Hall–Kier alpha value is -2.89. The highest BCUT2D eigenvalue weighted by atomic mass is 16.1. The number of carbonyl (C=O) groups excluding carboxylic acids is 1. The molecule has 0 radical (unpaired) electrons. The Labute approximate surface area is 147 Å². The third-order valence-corrected chi connectivity index (χ3v) is 4.12. The van der Waals surface area contributed by atoms with E-state index in [0.29, 0.717) is 12.1 Å². The predicted molar refractivity (Wildman–Crippen MR) is 97.2 cm³/mol. The van der Waals surface area contributed by atoms with Gasteiger partial charge in [0.2, 0.25) is 0 Å². The van der Waals surface area contributed by atoms with Crippen molar-refractivity contribution in [2.45, 2.75) is 39.8 Å². The number of nitrogens with one attached hydrogen (secondary N) is 2. The molecule has 3 rings (SSSR count). The van der Waals surface area contributed by atoms with Crippen molar-refractivity contribution in [3.8, 4) is 11.3 Å². The van der Waals surface area contributed by atoms with Crippen LogP contribution >= 0.6 is 0 Å². The van der Waals surface area contributed by atoms with Crippen molar-refractivity contribution in [2.24, 2.45) is 0 Å². The van der Waals surface area contributed by atoms with Crippen molar-refractivity contribution in [3.05, 3.63) is 59.5 Å². The van der Waals surface area contributed by atoms with Crippen LogP contribution in [0.25, 0.3) is 11.3 Å². The van der Waals surface area contributed by atoms with Gasteiger partial charge < -0.3 is 5.32 Å². The molecule has 25 heavy (non-hydrogen) atoms. The highest BCUT2D eigenvalue weighted by Gasteiger charge is 2.18. The largest absolute Gasteiger partial charge is 0.348 e. The lowest BCUT2D eigenvalue weighted by molar-refractivity contribution is 0.0949. The number of aromatic amines is 1. The van der Waals surface area contributed by atoms with E-state index in [2.05, 4.69) is 20.6 Å². The van der Waals surface area contributed by atoms with Crippen LogP contribution in [0.1, 0.15) is 48.3 Å². The van der Waals surface area contributed by atoms with Crippen molar-refractivity contribution < 1.29 is 4.79 Å². The Bertz CT molecular complexity index is 831. The number of nitrogens with zero attached hydrogens (tertiary/aromatic N) is 3. The average Bonchev–Trinajstić information content (AvgIpc) is 3.29. The van der Waals surface area contributed by atoms with Gasteiger partial charge in [0.15, 0.2) is 0 Å². The van der Waals surface area contributed by atoms with E-state index in [0.717, 1.165) is 29.1 Å². The summed E-state index contributed by atoms with van der Waals surface area (Å²) in [6.07, 6.45) is 3.55. The Morgan fingerprint density at radius 2 is 2.00 bits per heavy atom. The third kappa shape index (κ3) is 3.79. The molecular formula is C19H23N5O. The quantitative estimate of drug-likeness (QED) is 0.724. The highest BCUT2D eigenvalue weighted by Crippen LogP contribution is 2.19. The number of aryl methyl sites for hydroxylation is 1. The van der Waals surface area contributed by atoms with Gasteiger partial charge in [-0.25, -0.2) is 0 Å². The monoisotopic (exact) mass is 337 g/mol. The molecule has 2 heterocycles. The van der Waals surface area contributed by atoms with E-state index in [9.17, 15) is 4.79 Å². The summed E-state index contributed by atoms with van der Waals surface area (Å²) in [6, 6.07) is 9.98. The van der Waals surface area contributed by atoms with E-state index in [1.54, 1.807) is 6.20 Å². The molecule has 0 aliphatic rings. The Kier molecular flexibility index (Phi) is 4.97. The molecule has 2 N–H and O–H groups in total. The van der Waals surface area contributed by atoms with Crippen LogP contribution in [0.5, 0.6) is 0 Å². The van der Waals surface area contributed by atoms with Gasteiger partial charge in [-0.2, -0.15) is 10.2 Å². The van der Waals surface area contributed by atoms with Crippen LogP contribution in [0.2, 0.25) is 0 Å². The number of aromatic nitrogens is 4. The zero-order valence-corrected chi connectivity index (χ0v) is 14.8. The molecule has 1 aromatic carbocycles. The van der Waals surface area contributed by atoms with Crippen LogP contribution in [-0.4, -0.2) is 25.9 Å². The van der Waals surface area contributed by atoms with Gasteiger partial charge >= 0.3 is 0 Å². The maximum Gasteiger partial charge on any atom is 0.255 e. The molecule has 0 aliphatic heterocycles. The number of benzene rings is 1. The van der Waals surface area contributed by atoms with Crippen molar-refractivity contribution in [1.29, 1.82) is 0 Å². The number of carbonyl (C=O) groups is 1. The highest BCUT2D eigenvalue weighted by molar-refractivity contribution is 5.95. The number of amides is 1. The second kappa shape index (κ2) is 7.34. The fraction of sp³-hybridized carbons (Fsp3) is 0.316. The summed E-state index contributed by atoms with van der Waals surface area (Å²) in [5.41, 5.74) is 4.59. The number of H-pyrrole nitrogens is 1. The standard InChI is InChI=1S/C19H23N5O/c1-4-24-12-16(18(23-24)13(2)3)19(25)20-11-14-5-7-15(8-6-14)17-9-10-21-22-17/h5-10,12-13H,4,11H2,1-3H3,(H,20,25)(H,21,22). The minimum Gasteiger partial charge on any atom is -0.348 e. The van der Waals surface area contributed by atoms with Gasteiger partial charge in [0.05, 0.1) is 17.0 Å². The van der Waals surface area contributed by atoms with Crippen LogP contribution < -0.4 is 5.32 Å². The van der Waals surface area contributed by atoms with E-state index < -0.39 is 0 Å². The average molecular weight is 337 g/mol. The Morgan fingerprint density at radius 3 is 2.60 bits per heavy atom. The minimum atomic E-state index is -0.0824. The molecule has 0 spiro atoms. The smallest absolute Gasteiger partial charge is 0.255 e. The first-order chi connectivity index (χ1) is 12.1. The molecule has 0 fully saturated rings. The molecule has 0 unspecified atom stereocenters. The van der Waals surface area contributed by atoms with Gasteiger partial charge in [0.1, 0.15) is 0 Å². The van der Waals surface area contributed by atoms with Crippen molar-refractivity contribution in [2.75, 3.05) is 0 Å². The van der Waals surface area contributed by atoms with E-state index >= 15 is 0 Å². The molecule has 0 atom stereocenters. The maximum atomic E-state index is 12.5. The molecule has 130 valence electrons. The van der Waals surface area contributed by atoms with Crippen LogP contribution in [0.15, 0.2) is 42.7 Å². The molecule has 0 saturated carbocycles. The summed E-state index contributed by atoms with van der Waals surface area (Å²) in [5.74, 6) is 0.128. The lowest BCUT2D eigenvalue weighted by Crippen LogP contribution is -2.23. The second-order valence-corrected chi connectivity index (χ2v) is 6.29. The van der Waals surface area contributed by atoms with Gasteiger partial charge in [-0.15, -0.1) is 0 Å². The second-order valence-electron chi connectivity index (χ2n) is 6.29. The van der Waals surface area contributed by atoms with Crippen LogP contribution in [-0.2, 0) is 13.1 Å². The number of rotatable bonds is 6. The molecular weight excluding hydrogens is 314 g/mol. The maximum absolute atomic E-state index is 12.5. The minimum absolute atomic E-state index is 0.0824. The molecule has 1 amide bonds. The van der Waals surface area contributed by atoms with Crippen LogP contribution in [0, 0.1) is 0 Å². The van der Waals surface area contributed by atoms with E-state index in [4.69, 9.17) is 0 Å². The normalized spacial score (nSPS) is 11.0. The molecule has 6 heteroatoms. The fourth-order valence-electron chi connectivity index (χ4n) is 2.70. The summed E-state index contributed by atoms with van der Waals surface area (Å²) in [6.45, 7) is 7.35. The van der Waals surface area contributed by atoms with Crippen LogP contribution in [0.3, 0.4) is 0 Å². The first-order valence-corrected chi connectivity index (χ1v) is 8.52. The van der Waals surface area contributed by atoms with Gasteiger partial charge in [-0.3, -0.25) is 14.6 Å². The molecule has 3 aromatic rings. The SMILES string of the molecule is CCn1cc(C(=O)NCc2ccc(-c3ccn[nH]3)cc2)c(C(C)C)n1. The Morgan fingerprint density at radius 1 is 1.24 bits per heavy atom. The van der Waals surface area contributed by atoms with Crippen molar-refractivity contribution >= 4 is 5.91 Å². The lowest BCUT2D eigenvalue weighted by atomic mass is 10.1. The predicted octanol–water partition coefficient (Wildman–Crippen LogP) is 3.35. The molecule has 0 aliphatic carbocycles. The summed E-state index contributed by atoms with van der Waals surface area (Å²) in [7, 11) is 0. The lowest BCUT2D eigenvalue weighted by Gasteiger charge is -2.07.